The molecule has 1 aliphatic rings. The van der Waals surface area contributed by atoms with Gasteiger partial charge in [0.1, 0.15) is 0 Å². The summed E-state index contributed by atoms with van der Waals surface area (Å²) in [6, 6.07) is 0. The monoisotopic (exact) mass is 298 g/mol. The van der Waals surface area contributed by atoms with Gasteiger partial charge in [0.2, 0.25) is 0 Å². The summed E-state index contributed by atoms with van der Waals surface area (Å²) in [5, 5.41) is 0. The van der Waals surface area contributed by atoms with E-state index < -0.39 is 0 Å². The Hall–Kier alpha value is -0.0800. The summed E-state index contributed by atoms with van der Waals surface area (Å²) in [6.07, 6.45) is 19.7. The van der Waals surface area contributed by atoms with Gasteiger partial charge in [-0.15, -0.1) is 0 Å². The first-order valence-corrected chi connectivity index (χ1v) is 9.63. The maximum atomic E-state index is 5.71. The van der Waals surface area contributed by atoms with E-state index in [0.717, 1.165) is 19.8 Å². The molecule has 2 nitrogen and oxygen atoms in total. The lowest BCUT2D eigenvalue weighted by atomic mass is 10.1. The Kier molecular flexibility index (Phi) is 13.4. The molecule has 2 heteroatoms. The molecule has 0 aromatic rings. The second-order valence-corrected chi connectivity index (χ2v) is 6.60. The van der Waals surface area contributed by atoms with E-state index in [-0.39, 0.29) is 0 Å². The van der Waals surface area contributed by atoms with Crippen molar-refractivity contribution < 1.29 is 9.47 Å². The van der Waals surface area contributed by atoms with E-state index in [0.29, 0.717) is 6.10 Å². The molecule has 0 N–H and O–H groups in total. The topological polar surface area (TPSA) is 21.8 Å². The van der Waals surface area contributed by atoms with Gasteiger partial charge in [0, 0.05) is 13.2 Å². The summed E-state index contributed by atoms with van der Waals surface area (Å²) in [5.74, 6) is 0. The quantitative estimate of drug-likeness (QED) is 0.247. The fourth-order valence-corrected chi connectivity index (χ4v) is 2.78. The summed E-state index contributed by atoms with van der Waals surface area (Å²) < 4.78 is 10.9. The average molecular weight is 299 g/mol. The Morgan fingerprint density at radius 1 is 0.714 bits per heavy atom. The Labute approximate surface area is 133 Å². The Morgan fingerprint density at radius 3 is 1.71 bits per heavy atom. The third-order valence-corrected chi connectivity index (χ3v) is 4.36. The molecule has 0 saturated carbocycles. The predicted molar refractivity (Wildman–Crippen MR) is 90.9 cm³/mol. The van der Waals surface area contributed by atoms with Crippen LogP contribution < -0.4 is 0 Å². The maximum Gasteiger partial charge on any atom is 0.0810 e. The van der Waals surface area contributed by atoms with Crippen LogP contribution in [0.15, 0.2) is 0 Å². The number of ether oxygens (including phenoxy) is 2. The lowest BCUT2D eigenvalue weighted by molar-refractivity contribution is 0.125. The molecule has 0 spiro atoms. The first kappa shape index (κ1) is 19.0. The minimum absolute atomic E-state index is 0.625. The van der Waals surface area contributed by atoms with Crippen LogP contribution in [0, 0.1) is 0 Å². The van der Waals surface area contributed by atoms with Gasteiger partial charge in [-0.25, -0.2) is 0 Å². The molecule has 0 amide bonds. The van der Waals surface area contributed by atoms with Crippen LogP contribution in [-0.2, 0) is 9.47 Å². The van der Waals surface area contributed by atoms with E-state index in [4.69, 9.17) is 9.47 Å². The summed E-state index contributed by atoms with van der Waals surface area (Å²) >= 11 is 0. The minimum Gasteiger partial charge on any atom is -0.381 e. The fourth-order valence-electron chi connectivity index (χ4n) is 2.78. The summed E-state index contributed by atoms with van der Waals surface area (Å²) in [5.41, 5.74) is 0. The Bertz CT molecular complexity index is 202. The third kappa shape index (κ3) is 14.6. The van der Waals surface area contributed by atoms with Gasteiger partial charge in [0.05, 0.1) is 12.7 Å². The molecular weight excluding hydrogens is 260 g/mol. The van der Waals surface area contributed by atoms with Gasteiger partial charge in [0.15, 0.2) is 0 Å². The van der Waals surface area contributed by atoms with Crippen LogP contribution in [0.5, 0.6) is 0 Å². The van der Waals surface area contributed by atoms with E-state index in [1.54, 1.807) is 0 Å². The van der Waals surface area contributed by atoms with E-state index in [1.807, 2.05) is 0 Å². The lowest BCUT2D eigenvalue weighted by Crippen LogP contribution is -1.97. The van der Waals surface area contributed by atoms with Crippen LogP contribution in [0.1, 0.15) is 96.8 Å². The van der Waals surface area contributed by atoms with Crippen molar-refractivity contribution in [3.63, 3.8) is 0 Å². The van der Waals surface area contributed by atoms with Crippen molar-refractivity contribution in [1.29, 1.82) is 0 Å². The van der Waals surface area contributed by atoms with E-state index in [1.165, 1.54) is 89.9 Å². The van der Waals surface area contributed by atoms with Crippen LogP contribution in [0.3, 0.4) is 0 Å². The molecule has 0 aromatic heterocycles. The van der Waals surface area contributed by atoms with Crippen molar-refractivity contribution in [3.05, 3.63) is 0 Å². The molecule has 1 unspecified atom stereocenters. The van der Waals surface area contributed by atoms with Crippen LogP contribution >= 0.6 is 0 Å². The minimum atomic E-state index is 0.625. The first-order valence-electron chi connectivity index (χ1n) is 9.63. The van der Waals surface area contributed by atoms with Gasteiger partial charge in [0.25, 0.3) is 0 Å². The SMILES string of the molecule is CCCCCCCCCCOCCCCCCCC1CO1. The van der Waals surface area contributed by atoms with Crippen molar-refractivity contribution >= 4 is 0 Å². The highest BCUT2D eigenvalue weighted by molar-refractivity contribution is 4.68. The highest BCUT2D eigenvalue weighted by atomic mass is 16.6. The van der Waals surface area contributed by atoms with Crippen molar-refractivity contribution in [2.45, 2.75) is 103 Å². The summed E-state index contributed by atoms with van der Waals surface area (Å²) in [7, 11) is 0. The Morgan fingerprint density at radius 2 is 1.19 bits per heavy atom. The first-order chi connectivity index (χ1) is 10.4. The number of hydrogen-bond acceptors (Lipinski definition) is 2. The molecular formula is C19H38O2. The zero-order valence-electron chi connectivity index (χ0n) is 14.4. The zero-order chi connectivity index (χ0) is 15.0. The van der Waals surface area contributed by atoms with Gasteiger partial charge >= 0.3 is 0 Å². The molecule has 0 radical (unpaired) electrons. The number of hydrogen-bond donors (Lipinski definition) is 0. The number of epoxide rings is 1. The predicted octanol–water partition coefficient (Wildman–Crippen LogP) is 5.88. The summed E-state index contributed by atoms with van der Waals surface area (Å²) in [6.45, 7) is 5.25. The highest BCUT2D eigenvalue weighted by Gasteiger charge is 2.20. The molecule has 1 heterocycles. The molecule has 0 bridgehead atoms. The van der Waals surface area contributed by atoms with Gasteiger partial charge in [-0.1, -0.05) is 77.6 Å². The second kappa shape index (κ2) is 14.8. The normalized spacial score (nSPS) is 17.3. The van der Waals surface area contributed by atoms with Gasteiger partial charge < -0.3 is 9.47 Å². The Balaban J connectivity index is 1.59. The van der Waals surface area contributed by atoms with Crippen molar-refractivity contribution in [2.24, 2.45) is 0 Å². The molecule has 1 aliphatic heterocycles. The second-order valence-electron chi connectivity index (χ2n) is 6.60. The van der Waals surface area contributed by atoms with Crippen molar-refractivity contribution in [3.8, 4) is 0 Å². The molecule has 1 fully saturated rings. The molecule has 126 valence electrons. The zero-order valence-corrected chi connectivity index (χ0v) is 14.4. The van der Waals surface area contributed by atoms with Crippen LogP contribution in [0.25, 0.3) is 0 Å². The maximum absolute atomic E-state index is 5.71. The number of unbranched alkanes of at least 4 members (excludes halogenated alkanes) is 11. The molecule has 21 heavy (non-hydrogen) atoms. The molecule has 0 aliphatic carbocycles. The van der Waals surface area contributed by atoms with Gasteiger partial charge in [-0.05, 0) is 19.3 Å². The van der Waals surface area contributed by atoms with E-state index in [2.05, 4.69) is 6.92 Å². The van der Waals surface area contributed by atoms with Crippen LogP contribution in [0.2, 0.25) is 0 Å². The highest BCUT2D eigenvalue weighted by Crippen LogP contribution is 2.17. The van der Waals surface area contributed by atoms with Crippen molar-refractivity contribution in [1.82, 2.24) is 0 Å². The van der Waals surface area contributed by atoms with Gasteiger partial charge in [-0.2, -0.15) is 0 Å². The van der Waals surface area contributed by atoms with E-state index in [9.17, 15) is 0 Å². The number of rotatable bonds is 17. The summed E-state index contributed by atoms with van der Waals surface area (Å²) in [4.78, 5) is 0. The molecule has 0 aromatic carbocycles. The molecule has 1 atom stereocenters. The van der Waals surface area contributed by atoms with E-state index >= 15 is 0 Å². The van der Waals surface area contributed by atoms with Crippen LogP contribution in [-0.4, -0.2) is 25.9 Å². The molecule has 1 saturated heterocycles. The smallest absolute Gasteiger partial charge is 0.0810 e. The van der Waals surface area contributed by atoms with Crippen molar-refractivity contribution in [2.75, 3.05) is 19.8 Å². The van der Waals surface area contributed by atoms with Crippen LogP contribution in [0.4, 0.5) is 0 Å². The lowest BCUT2D eigenvalue weighted by Gasteiger charge is -2.05. The average Bonchev–Trinajstić information content (AvgIpc) is 3.31. The van der Waals surface area contributed by atoms with Gasteiger partial charge in [-0.3, -0.25) is 0 Å². The third-order valence-electron chi connectivity index (χ3n) is 4.36. The standard InChI is InChI=1S/C19H38O2/c1-2-3-4-5-6-7-10-13-16-20-17-14-11-8-9-12-15-19-18-21-19/h19H,2-18H2,1H3. The molecule has 1 rings (SSSR count). The fraction of sp³-hybridized carbons (Fsp3) is 1.00. The largest absolute Gasteiger partial charge is 0.381 e.